The zero-order chi connectivity index (χ0) is 20.2. The molecule has 2 saturated heterocycles. The summed E-state index contributed by atoms with van der Waals surface area (Å²) in [5.74, 6) is 1.10. The van der Waals surface area contributed by atoms with Crippen molar-refractivity contribution in [2.45, 2.75) is 44.9 Å². The molecule has 3 aliphatic heterocycles. The summed E-state index contributed by atoms with van der Waals surface area (Å²) in [5, 5.41) is 5.77. The smallest absolute Gasteiger partial charge is 0.251 e. The lowest BCUT2D eigenvalue weighted by Gasteiger charge is -2.38. The molecule has 0 spiro atoms. The molecule has 29 heavy (non-hydrogen) atoms. The summed E-state index contributed by atoms with van der Waals surface area (Å²) in [6.45, 7) is 9.16. The quantitative estimate of drug-likeness (QED) is 0.590. The fraction of sp³-hybridized carbons (Fsp3) is 0.714. The maximum absolute atomic E-state index is 12.5. The van der Waals surface area contributed by atoms with Crippen LogP contribution in [-0.2, 0) is 22.5 Å². The highest BCUT2D eigenvalue weighted by Crippen LogP contribution is 2.25. The van der Waals surface area contributed by atoms with Crippen molar-refractivity contribution in [2.24, 2.45) is 4.99 Å². The second-order valence-corrected chi connectivity index (χ2v) is 9.18. The van der Waals surface area contributed by atoms with Crippen LogP contribution in [0.5, 0.6) is 0 Å². The molecule has 8 heteroatoms. The normalized spacial score (nSPS) is 24.5. The minimum Gasteiger partial charge on any atom is -0.368 e. The predicted octanol–water partition coefficient (Wildman–Crippen LogP) is 1.39. The Hall–Kier alpha value is -1.64. The number of ether oxygens (including phenoxy) is 1. The van der Waals surface area contributed by atoms with Crippen LogP contribution in [0.25, 0.3) is 0 Å². The van der Waals surface area contributed by atoms with E-state index in [-0.39, 0.29) is 12.0 Å². The van der Waals surface area contributed by atoms with Crippen LogP contribution in [0, 0.1) is 0 Å². The Morgan fingerprint density at radius 1 is 1.31 bits per heavy atom. The van der Waals surface area contributed by atoms with E-state index in [4.69, 9.17) is 4.74 Å². The number of piperazine rings is 1. The van der Waals surface area contributed by atoms with Crippen molar-refractivity contribution in [2.75, 3.05) is 52.9 Å². The summed E-state index contributed by atoms with van der Waals surface area (Å²) < 4.78 is 5.56. The van der Waals surface area contributed by atoms with Crippen molar-refractivity contribution in [1.29, 1.82) is 0 Å². The van der Waals surface area contributed by atoms with Crippen LogP contribution in [-0.4, -0.2) is 91.6 Å². The summed E-state index contributed by atoms with van der Waals surface area (Å²) in [4.78, 5) is 25.3. The monoisotopic (exact) mass is 419 g/mol. The van der Waals surface area contributed by atoms with Gasteiger partial charge in [-0.3, -0.25) is 14.7 Å². The van der Waals surface area contributed by atoms with E-state index in [9.17, 15) is 4.79 Å². The van der Waals surface area contributed by atoms with Crippen molar-refractivity contribution in [3.63, 3.8) is 0 Å². The van der Waals surface area contributed by atoms with Crippen molar-refractivity contribution in [3.05, 3.63) is 21.9 Å². The number of rotatable bonds is 4. The van der Waals surface area contributed by atoms with Crippen LogP contribution >= 0.6 is 11.3 Å². The number of fused-ring (bicyclic) bond motifs is 1. The maximum Gasteiger partial charge on any atom is 0.251 e. The highest BCUT2D eigenvalue weighted by Gasteiger charge is 2.31. The fourth-order valence-corrected chi connectivity index (χ4v) is 5.35. The van der Waals surface area contributed by atoms with Gasteiger partial charge in [-0.2, -0.15) is 0 Å². The lowest BCUT2D eigenvalue weighted by atomic mass is 10.1. The standard InChI is InChI=1S/C21H33N5O2S/c1-16(26-7-5-19-17(15-26)6-13-29-19)14-23-21(22-2)25-10-8-24(9-11-25)20(27)18-4-3-12-28-18/h6,13,16,18H,3-5,7-12,14-15H2,1-2H3,(H,22,23). The van der Waals surface area contributed by atoms with E-state index in [1.807, 2.05) is 23.3 Å². The highest BCUT2D eigenvalue weighted by molar-refractivity contribution is 7.10. The molecule has 0 aromatic carbocycles. The summed E-state index contributed by atoms with van der Waals surface area (Å²) >= 11 is 1.89. The van der Waals surface area contributed by atoms with E-state index in [0.717, 1.165) is 77.6 Å². The van der Waals surface area contributed by atoms with E-state index in [0.29, 0.717) is 6.04 Å². The molecule has 2 unspecified atom stereocenters. The predicted molar refractivity (Wildman–Crippen MR) is 116 cm³/mol. The van der Waals surface area contributed by atoms with Gasteiger partial charge in [0.25, 0.3) is 5.91 Å². The number of hydrogen-bond acceptors (Lipinski definition) is 5. The molecule has 1 aromatic heterocycles. The molecule has 2 atom stereocenters. The molecule has 7 nitrogen and oxygen atoms in total. The molecule has 160 valence electrons. The molecule has 0 radical (unpaired) electrons. The molecule has 0 saturated carbocycles. The molecule has 3 aliphatic rings. The van der Waals surface area contributed by atoms with Crippen molar-refractivity contribution in [1.82, 2.24) is 20.0 Å². The highest BCUT2D eigenvalue weighted by atomic mass is 32.1. The number of hydrogen-bond donors (Lipinski definition) is 1. The molecule has 0 bridgehead atoms. The van der Waals surface area contributed by atoms with E-state index < -0.39 is 0 Å². The summed E-state index contributed by atoms with van der Waals surface area (Å²) in [7, 11) is 1.84. The number of thiophene rings is 1. The first-order valence-electron chi connectivity index (χ1n) is 10.8. The number of aliphatic imine (C=N–C) groups is 1. The van der Waals surface area contributed by atoms with Gasteiger partial charge in [0.1, 0.15) is 6.10 Å². The van der Waals surface area contributed by atoms with Gasteiger partial charge in [-0.15, -0.1) is 11.3 Å². The van der Waals surface area contributed by atoms with Gasteiger partial charge in [-0.1, -0.05) is 0 Å². The number of guanidine groups is 1. The number of carbonyl (C=O) groups excluding carboxylic acids is 1. The molecule has 1 aromatic rings. The Balaban J connectivity index is 1.23. The summed E-state index contributed by atoms with van der Waals surface area (Å²) in [6, 6.07) is 2.71. The van der Waals surface area contributed by atoms with Crippen LogP contribution in [0.1, 0.15) is 30.2 Å². The van der Waals surface area contributed by atoms with Gasteiger partial charge in [0.05, 0.1) is 0 Å². The van der Waals surface area contributed by atoms with Gasteiger partial charge in [0.15, 0.2) is 5.96 Å². The van der Waals surface area contributed by atoms with Gasteiger partial charge in [0, 0.05) is 70.4 Å². The second kappa shape index (κ2) is 9.45. The first-order chi connectivity index (χ1) is 14.2. The summed E-state index contributed by atoms with van der Waals surface area (Å²) in [6.07, 6.45) is 2.81. The largest absolute Gasteiger partial charge is 0.368 e. The fourth-order valence-electron chi connectivity index (χ4n) is 4.46. The lowest BCUT2D eigenvalue weighted by molar-refractivity contribution is -0.142. The molecular formula is C21H33N5O2S. The molecule has 1 amide bonds. The lowest BCUT2D eigenvalue weighted by Crippen LogP contribution is -2.56. The number of carbonyl (C=O) groups is 1. The average Bonchev–Trinajstić information content (AvgIpc) is 3.45. The zero-order valence-corrected chi connectivity index (χ0v) is 18.4. The van der Waals surface area contributed by atoms with Gasteiger partial charge >= 0.3 is 0 Å². The Labute approximate surface area is 177 Å². The van der Waals surface area contributed by atoms with Gasteiger partial charge in [-0.25, -0.2) is 0 Å². The zero-order valence-electron chi connectivity index (χ0n) is 17.6. The minimum absolute atomic E-state index is 0.164. The second-order valence-electron chi connectivity index (χ2n) is 8.18. The van der Waals surface area contributed by atoms with Crippen molar-refractivity contribution >= 4 is 23.2 Å². The molecule has 0 aliphatic carbocycles. The number of nitrogens with one attached hydrogen (secondary N) is 1. The first kappa shape index (κ1) is 20.6. The third-order valence-corrected chi connectivity index (χ3v) is 7.35. The number of nitrogens with zero attached hydrogens (tertiary/aromatic N) is 4. The third-order valence-electron chi connectivity index (χ3n) is 6.32. The van der Waals surface area contributed by atoms with E-state index in [2.05, 4.69) is 38.5 Å². The van der Waals surface area contributed by atoms with Gasteiger partial charge in [-0.05, 0) is 43.2 Å². The van der Waals surface area contributed by atoms with Gasteiger partial charge in [0.2, 0.25) is 0 Å². The SMILES string of the molecule is CN=C(NCC(C)N1CCc2sccc2C1)N1CCN(C(=O)C2CCCO2)CC1. The van der Waals surface area contributed by atoms with E-state index in [1.54, 1.807) is 4.88 Å². The first-order valence-corrected chi connectivity index (χ1v) is 11.7. The van der Waals surface area contributed by atoms with Crippen molar-refractivity contribution in [3.8, 4) is 0 Å². The van der Waals surface area contributed by atoms with E-state index in [1.165, 1.54) is 5.56 Å². The molecular weight excluding hydrogens is 386 g/mol. The topological polar surface area (TPSA) is 60.4 Å². The van der Waals surface area contributed by atoms with Crippen LogP contribution in [0.2, 0.25) is 0 Å². The number of amides is 1. The van der Waals surface area contributed by atoms with Crippen LogP contribution in [0.15, 0.2) is 16.4 Å². The molecule has 4 rings (SSSR count). The summed E-state index contributed by atoms with van der Waals surface area (Å²) in [5.41, 5.74) is 1.49. The Morgan fingerprint density at radius 3 is 2.83 bits per heavy atom. The average molecular weight is 420 g/mol. The van der Waals surface area contributed by atoms with Crippen molar-refractivity contribution < 1.29 is 9.53 Å². The van der Waals surface area contributed by atoms with Crippen LogP contribution < -0.4 is 5.32 Å². The van der Waals surface area contributed by atoms with Crippen LogP contribution in [0.4, 0.5) is 0 Å². The molecule has 4 heterocycles. The minimum atomic E-state index is -0.215. The molecule has 2 fully saturated rings. The van der Waals surface area contributed by atoms with E-state index >= 15 is 0 Å². The molecule has 1 N–H and O–H groups in total. The Bertz CT molecular complexity index is 722. The Kier molecular flexibility index (Phi) is 6.72. The third kappa shape index (κ3) is 4.75. The van der Waals surface area contributed by atoms with Crippen LogP contribution in [0.3, 0.4) is 0 Å². The Morgan fingerprint density at radius 2 is 2.10 bits per heavy atom. The maximum atomic E-state index is 12.5. The van der Waals surface area contributed by atoms with Gasteiger partial charge < -0.3 is 19.9 Å².